The second kappa shape index (κ2) is 15.5. The summed E-state index contributed by atoms with van der Waals surface area (Å²) in [7, 11) is 0. The van der Waals surface area contributed by atoms with Crippen LogP contribution in [0.3, 0.4) is 0 Å². The number of aromatic nitrogens is 4. The third kappa shape index (κ3) is 5.78. The van der Waals surface area contributed by atoms with Crippen molar-refractivity contribution >= 4 is 11.8 Å². The van der Waals surface area contributed by atoms with Gasteiger partial charge in [0.2, 0.25) is 0 Å². The summed E-state index contributed by atoms with van der Waals surface area (Å²) in [6.07, 6.45) is 1.82. The molecular weight excluding hydrogens is 857 g/mol. The molecule has 0 fully saturated rings. The zero-order chi connectivity index (χ0) is 45.5. The SMILES string of the molecule is c1ccc(-c2nc(-c3cccc(-c4ccccn4)c3)nc(-c3cccc(-c4cccc5c4Sc4ccccc4C54c5ccccc5C5(c6ccccc6-c6ccccc65)c5ccccc54)c3)n2)cc1. The smallest absolute Gasteiger partial charge is 0.164 e. The molecule has 2 spiro atoms. The van der Waals surface area contributed by atoms with Crippen molar-refractivity contribution < 1.29 is 0 Å². The third-order valence-corrected chi connectivity index (χ3v) is 15.7. The summed E-state index contributed by atoms with van der Waals surface area (Å²) in [5.74, 6) is 1.84. The lowest BCUT2D eigenvalue weighted by Crippen LogP contribution is -2.45. The lowest BCUT2D eigenvalue weighted by atomic mass is 9.51. The predicted molar refractivity (Wildman–Crippen MR) is 278 cm³/mol. The number of rotatable bonds is 5. The monoisotopic (exact) mass is 896 g/mol. The molecule has 0 bridgehead atoms. The van der Waals surface area contributed by atoms with E-state index < -0.39 is 10.8 Å². The second-order valence-electron chi connectivity index (χ2n) is 18.0. The predicted octanol–water partition coefficient (Wildman–Crippen LogP) is 15.1. The normalized spacial score (nSPS) is 14.0. The van der Waals surface area contributed by atoms with E-state index in [1.807, 2.05) is 60.4 Å². The molecular formula is C64H40N4S. The standard InChI is InChI=1S/C64H40N4S/c1-2-19-41(20-3-1)60-66-61(68-62(67-60)45-24-17-22-43(40-45)57-36-14-15-38-65-57)44-23-16-21-42(39-44)46-27-18-35-56-59(46)69-58-37-13-12-34-55(58)64(56)53-32-10-8-30-51(53)63(52-31-9-11-33-54(52)64)49-28-6-4-25-47(49)48-26-5-7-29-50(48)63/h1-40H. The number of nitrogens with zero attached hydrogens (tertiary/aromatic N) is 4. The minimum Gasteiger partial charge on any atom is -0.256 e. The fourth-order valence-electron chi connectivity index (χ4n) is 11.8. The Kier molecular flexibility index (Phi) is 8.92. The van der Waals surface area contributed by atoms with Gasteiger partial charge in [0, 0.05) is 38.2 Å². The van der Waals surface area contributed by atoms with Gasteiger partial charge < -0.3 is 0 Å². The summed E-state index contributed by atoms with van der Waals surface area (Å²) < 4.78 is 0. The minimum atomic E-state index is -0.618. The van der Waals surface area contributed by atoms with Crippen LogP contribution in [0.4, 0.5) is 0 Å². The van der Waals surface area contributed by atoms with Gasteiger partial charge in [-0.1, -0.05) is 218 Å². The average molecular weight is 897 g/mol. The van der Waals surface area contributed by atoms with Gasteiger partial charge in [-0.05, 0) is 97.1 Å². The highest BCUT2D eigenvalue weighted by Gasteiger charge is 2.58. The van der Waals surface area contributed by atoms with Gasteiger partial charge in [0.1, 0.15) is 0 Å². The highest BCUT2D eigenvalue weighted by atomic mass is 32.2. The Labute approximate surface area is 405 Å². The van der Waals surface area contributed by atoms with Crippen LogP contribution < -0.4 is 0 Å². The van der Waals surface area contributed by atoms with E-state index in [9.17, 15) is 0 Å². The van der Waals surface area contributed by atoms with Crippen molar-refractivity contribution in [1.29, 1.82) is 0 Å². The Balaban J connectivity index is 0.976. The van der Waals surface area contributed by atoms with E-state index in [2.05, 4.69) is 199 Å². The topological polar surface area (TPSA) is 51.6 Å². The van der Waals surface area contributed by atoms with E-state index in [4.69, 9.17) is 15.0 Å². The van der Waals surface area contributed by atoms with E-state index in [0.717, 1.165) is 33.5 Å². The van der Waals surface area contributed by atoms with Gasteiger partial charge in [-0.3, -0.25) is 4.98 Å². The highest BCUT2D eigenvalue weighted by molar-refractivity contribution is 7.99. The van der Waals surface area contributed by atoms with Crippen molar-refractivity contribution in [2.75, 3.05) is 0 Å². The van der Waals surface area contributed by atoms with Crippen LogP contribution in [0.2, 0.25) is 0 Å². The zero-order valence-corrected chi connectivity index (χ0v) is 38.1. The number of benzene rings is 9. The van der Waals surface area contributed by atoms with Crippen LogP contribution >= 0.6 is 11.8 Å². The largest absolute Gasteiger partial charge is 0.256 e. The quantitative estimate of drug-likeness (QED) is 0.172. The summed E-state index contributed by atoms with van der Waals surface area (Å²) >= 11 is 1.88. The molecule has 11 aromatic rings. The molecule has 0 saturated heterocycles. The third-order valence-electron chi connectivity index (χ3n) is 14.5. The lowest BCUT2D eigenvalue weighted by molar-refractivity contribution is 0.606. The molecule has 0 saturated carbocycles. The first-order chi connectivity index (χ1) is 34.2. The Bertz CT molecular complexity index is 3750. The molecule has 1 aliphatic heterocycles. The summed E-state index contributed by atoms with van der Waals surface area (Å²) in [6.45, 7) is 0. The fraction of sp³-hybridized carbons (Fsp3) is 0.0312. The van der Waals surface area contributed by atoms with Crippen LogP contribution in [0, 0.1) is 0 Å². The van der Waals surface area contributed by atoms with Gasteiger partial charge in [-0.15, -0.1) is 0 Å². The van der Waals surface area contributed by atoms with E-state index in [1.165, 1.54) is 71.0 Å². The Morgan fingerprint density at radius 1 is 0.290 bits per heavy atom. The molecule has 69 heavy (non-hydrogen) atoms. The minimum absolute atomic E-state index is 0.501. The van der Waals surface area contributed by atoms with Crippen LogP contribution in [0.5, 0.6) is 0 Å². The Hall–Kier alpha value is -8.51. The first kappa shape index (κ1) is 39.6. The molecule has 2 aromatic heterocycles. The molecule has 0 amide bonds. The van der Waals surface area contributed by atoms with Crippen LogP contribution in [0.1, 0.15) is 44.5 Å². The molecule has 9 aromatic carbocycles. The van der Waals surface area contributed by atoms with Gasteiger partial charge in [0.25, 0.3) is 0 Å². The maximum atomic E-state index is 5.22. The van der Waals surface area contributed by atoms with E-state index >= 15 is 0 Å². The molecule has 4 nitrogen and oxygen atoms in total. The van der Waals surface area contributed by atoms with Crippen LogP contribution in [0.25, 0.3) is 67.7 Å². The van der Waals surface area contributed by atoms with Gasteiger partial charge in [-0.25, -0.2) is 15.0 Å². The van der Waals surface area contributed by atoms with Crippen molar-refractivity contribution in [2.24, 2.45) is 0 Å². The molecule has 0 atom stereocenters. The fourth-order valence-corrected chi connectivity index (χ4v) is 13.1. The van der Waals surface area contributed by atoms with E-state index in [0.29, 0.717) is 17.5 Å². The molecule has 0 unspecified atom stereocenters. The first-order valence-electron chi connectivity index (χ1n) is 23.5. The maximum Gasteiger partial charge on any atom is 0.164 e. The summed E-state index contributed by atoms with van der Waals surface area (Å²) in [6, 6.07) is 85.9. The molecule has 0 radical (unpaired) electrons. The van der Waals surface area contributed by atoms with Crippen molar-refractivity contribution in [3.63, 3.8) is 0 Å². The van der Waals surface area contributed by atoms with Crippen molar-refractivity contribution in [3.05, 3.63) is 287 Å². The first-order valence-corrected chi connectivity index (χ1v) is 24.3. The molecule has 322 valence electrons. The van der Waals surface area contributed by atoms with E-state index in [1.54, 1.807) is 0 Å². The highest BCUT2D eigenvalue weighted by Crippen LogP contribution is 2.67. The lowest BCUT2D eigenvalue weighted by Gasteiger charge is -2.52. The zero-order valence-electron chi connectivity index (χ0n) is 37.3. The van der Waals surface area contributed by atoms with Crippen molar-refractivity contribution in [3.8, 4) is 67.7 Å². The molecule has 2 aliphatic carbocycles. The Morgan fingerprint density at radius 3 is 1.32 bits per heavy atom. The summed E-state index contributed by atoms with van der Waals surface area (Å²) in [5, 5.41) is 0. The van der Waals surface area contributed by atoms with Crippen LogP contribution in [0.15, 0.2) is 253 Å². The van der Waals surface area contributed by atoms with E-state index in [-0.39, 0.29) is 0 Å². The summed E-state index contributed by atoms with van der Waals surface area (Å²) in [5.41, 5.74) is 18.9. The molecule has 3 aliphatic rings. The van der Waals surface area contributed by atoms with Gasteiger partial charge >= 0.3 is 0 Å². The van der Waals surface area contributed by atoms with Gasteiger partial charge in [0.15, 0.2) is 17.5 Å². The maximum absolute atomic E-state index is 5.22. The Morgan fingerprint density at radius 2 is 0.710 bits per heavy atom. The molecule has 0 N–H and O–H groups in total. The van der Waals surface area contributed by atoms with Crippen LogP contribution in [-0.2, 0) is 10.8 Å². The van der Waals surface area contributed by atoms with Crippen molar-refractivity contribution in [2.45, 2.75) is 20.6 Å². The van der Waals surface area contributed by atoms with Gasteiger partial charge in [-0.2, -0.15) is 0 Å². The second-order valence-corrected chi connectivity index (χ2v) is 19.1. The van der Waals surface area contributed by atoms with Gasteiger partial charge in [0.05, 0.1) is 16.5 Å². The molecule has 5 heteroatoms. The van der Waals surface area contributed by atoms with Crippen molar-refractivity contribution in [1.82, 2.24) is 19.9 Å². The molecule has 14 rings (SSSR count). The number of fused-ring (bicyclic) bond motifs is 15. The summed E-state index contributed by atoms with van der Waals surface area (Å²) in [4.78, 5) is 22.6. The number of hydrogen-bond donors (Lipinski definition) is 0. The molecule has 3 heterocycles. The van der Waals surface area contributed by atoms with Crippen LogP contribution in [-0.4, -0.2) is 19.9 Å². The number of pyridine rings is 1. The average Bonchev–Trinajstić information content (AvgIpc) is 3.73. The number of hydrogen-bond acceptors (Lipinski definition) is 5.